The molecule has 0 bridgehead atoms. The van der Waals surface area contributed by atoms with Gasteiger partial charge in [0.15, 0.2) is 5.54 Å². The second-order valence-electron chi connectivity index (χ2n) is 15.9. The van der Waals surface area contributed by atoms with E-state index in [2.05, 4.69) is 5.32 Å². The van der Waals surface area contributed by atoms with E-state index in [4.69, 9.17) is 18.9 Å². The zero-order valence-corrected chi connectivity index (χ0v) is 31.5. The Morgan fingerprint density at radius 3 is 2.35 bits per heavy atom. The van der Waals surface area contributed by atoms with E-state index >= 15 is 0 Å². The molecule has 3 aliphatic heterocycles. The van der Waals surface area contributed by atoms with Crippen molar-refractivity contribution >= 4 is 36.1 Å². The summed E-state index contributed by atoms with van der Waals surface area (Å²) in [6, 6.07) is 2.11. The van der Waals surface area contributed by atoms with Crippen LogP contribution in [0.5, 0.6) is 0 Å². The molecule has 6 rings (SSSR count). The van der Waals surface area contributed by atoms with E-state index in [0.29, 0.717) is 24.0 Å². The van der Waals surface area contributed by atoms with Gasteiger partial charge in [-0.2, -0.15) is 0 Å². The average Bonchev–Trinajstić information content (AvgIpc) is 3.52. The van der Waals surface area contributed by atoms with E-state index in [1.807, 2.05) is 12.2 Å². The number of nitrogens with one attached hydrogen (secondary N) is 1. The minimum atomic E-state index is -1.73. The lowest BCUT2D eigenvalue weighted by Crippen LogP contribution is -2.60. The molecule has 0 radical (unpaired) electrons. The Kier molecular flexibility index (Phi) is 11.5. The number of halogens is 1. The van der Waals surface area contributed by atoms with E-state index in [0.717, 1.165) is 43.4 Å². The van der Waals surface area contributed by atoms with Crippen LogP contribution in [0.25, 0.3) is 0 Å². The lowest BCUT2D eigenvalue weighted by Gasteiger charge is -2.35. The van der Waals surface area contributed by atoms with Gasteiger partial charge < -0.3 is 29.2 Å². The Balaban J connectivity index is 1.33. The third-order valence-electron chi connectivity index (χ3n) is 10.9. The largest absolute Gasteiger partial charge is 0.467 e. The number of nitrogens with zero attached hydrogens (tertiary/aromatic N) is 3. The van der Waals surface area contributed by atoms with Crippen LogP contribution in [0.4, 0.5) is 18.8 Å². The van der Waals surface area contributed by atoms with Crippen LogP contribution >= 0.6 is 0 Å². The topological polar surface area (TPSA) is 161 Å². The van der Waals surface area contributed by atoms with E-state index in [1.165, 1.54) is 23.0 Å². The van der Waals surface area contributed by atoms with Crippen molar-refractivity contribution in [1.29, 1.82) is 0 Å². The number of methoxy groups -OCH3 is 1. The molecule has 1 aromatic rings. The molecular weight excluding hydrogens is 703 g/mol. The summed E-state index contributed by atoms with van der Waals surface area (Å²) >= 11 is 0. The van der Waals surface area contributed by atoms with Gasteiger partial charge in [-0.05, 0) is 83.8 Å². The van der Waals surface area contributed by atoms with Crippen LogP contribution in [-0.4, -0.2) is 99.8 Å². The van der Waals surface area contributed by atoms with Gasteiger partial charge in [-0.25, -0.2) is 28.5 Å². The molecule has 5 aliphatic rings. The number of rotatable bonds is 4. The Hall–Kier alpha value is -4.69. The molecule has 3 fully saturated rings. The lowest BCUT2D eigenvalue weighted by molar-refractivity contribution is -0.157. The molecule has 294 valence electrons. The molecule has 15 heteroatoms. The van der Waals surface area contributed by atoms with Crippen LogP contribution in [0.15, 0.2) is 30.4 Å². The van der Waals surface area contributed by atoms with Crippen molar-refractivity contribution in [3.05, 3.63) is 47.3 Å². The summed E-state index contributed by atoms with van der Waals surface area (Å²) < 4.78 is 36.9. The number of allylic oxidation sites excluding steroid dienone is 1. The maximum absolute atomic E-state index is 14.9. The minimum absolute atomic E-state index is 0.0172. The number of hydrogen-bond acceptors (Lipinski definition) is 10. The molecule has 54 heavy (non-hydrogen) atoms. The molecule has 1 aromatic carbocycles. The molecule has 5 atom stereocenters. The number of ether oxygens (including phenoxy) is 4. The lowest BCUT2D eigenvalue weighted by atomic mass is 10.0. The van der Waals surface area contributed by atoms with Crippen LogP contribution in [0.1, 0.15) is 103 Å². The number of benzene rings is 1. The fraction of sp³-hybridized carbons (Fsp3) is 0.641. The summed E-state index contributed by atoms with van der Waals surface area (Å²) in [5, 5.41) is 2.74. The molecule has 3 heterocycles. The molecule has 2 saturated carbocycles. The number of hydrogen-bond donors (Lipinski definition) is 1. The van der Waals surface area contributed by atoms with Gasteiger partial charge in [-0.1, -0.05) is 37.1 Å². The number of imide groups is 1. The molecule has 0 aromatic heterocycles. The molecule has 1 saturated heterocycles. The fourth-order valence-corrected chi connectivity index (χ4v) is 8.10. The summed E-state index contributed by atoms with van der Waals surface area (Å²) in [6.45, 7) is 4.73. The van der Waals surface area contributed by atoms with Crippen LogP contribution in [-0.2, 0) is 46.4 Å². The molecule has 0 spiro atoms. The van der Waals surface area contributed by atoms with Crippen LogP contribution in [0.2, 0.25) is 0 Å². The Morgan fingerprint density at radius 1 is 0.907 bits per heavy atom. The smallest absolute Gasteiger partial charge is 0.418 e. The van der Waals surface area contributed by atoms with E-state index in [9.17, 15) is 33.2 Å². The molecule has 0 unspecified atom stereocenters. The summed E-state index contributed by atoms with van der Waals surface area (Å²) in [4.78, 5) is 87.1. The first-order chi connectivity index (χ1) is 25.7. The second-order valence-corrected chi connectivity index (χ2v) is 15.9. The Bertz CT molecular complexity index is 1670. The van der Waals surface area contributed by atoms with Gasteiger partial charge in [0.2, 0.25) is 5.91 Å². The Labute approximate surface area is 314 Å². The van der Waals surface area contributed by atoms with Gasteiger partial charge in [0.1, 0.15) is 35.7 Å². The van der Waals surface area contributed by atoms with Gasteiger partial charge in [0.05, 0.1) is 20.2 Å². The first-order valence-corrected chi connectivity index (χ1v) is 19.0. The zero-order valence-electron chi connectivity index (χ0n) is 31.5. The van der Waals surface area contributed by atoms with Crippen molar-refractivity contribution in [2.75, 3.05) is 13.7 Å². The predicted octanol–water partition coefficient (Wildman–Crippen LogP) is 5.50. The monoisotopic (exact) mass is 754 g/mol. The first kappa shape index (κ1) is 39.0. The second kappa shape index (κ2) is 16.0. The number of carbonyl (C=O) groups is 6. The SMILES string of the molecule is COC(=O)[C@@]12C[C@H]1/C=C\CCCCC[C@H](NC(=O)OC1CCCC1)C(=O)N1C[C@H](OC(=O)N3Cc4cccc(F)c4C3)C[C@H]1C(=O)N2C(=O)OC(C)(C)C. The van der Waals surface area contributed by atoms with Gasteiger partial charge in [-0.3, -0.25) is 14.5 Å². The van der Waals surface area contributed by atoms with E-state index in [1.54, 1.807) is 32.9 Å². The first-order valence-electron chi connectivity index (χ1n) is 19.0. The third-order valence-corrected chi connectivity index (χ3v) is 10.9. The number of fused-ring (bicyclic) bond motifs is 3. The van der Waals surface area contributed by atoms with Gasteiger partial charge in [0, 0.05) is 24.4 Å². The maximum Gasteiger partial charge on any atom is 0.418 e. The normalized spacial score (nSPS) is 28.2. The van der Waals surface area contributed by atoms with Crippen molar-refractivity contribution in [2.24, 2.45) is 5.92 Å². The highest BCUT2D eigenvalue weighted by Crippen LogP contribution is 2.52. The van der Waals surface area contributed by atoms with Gasteiger partial charge in [-0.15, -0.1) is 0 Å². The van der Waals surface area contributed by atoms with Crippen LogP contribution in [0.3, 0.4) is 0 Å². The van der Waals surface area contributed by atoms with Gasteiger partial charge >= 0.3 is 24.2 Å². The Morgan fingerprint density at radius 2 is 1.65 bits per heavy atom. The maximum atomic E-state index is 14.9. The highest BCUT2D eigenvalue weighted by Gasteiger charge is 2.69. The number of esters is 1. The number of alkyl carbamates (subject to hydrolysis) is 1. The van der Waals surface area contributed by atoms with Crippen LogP contribution < -0.4 is 5.32 Å². The van der Waals surface area contributed by atoms with E-state index in [-0.39, 0.29) is 45.0 Å². The van der Waals surface area contributed by atoms with Crippen molar-refractivity contribution in [3.8, 4) is 0 Å². The molecule has 1 N–H and O–H groups in total. The number of amides is 5. The molecular formula is C39H51FN4O10. The highest BCUT2D eigenvalue weighted by atomic mass is 19.1. The highest BCUT2D eigenvalue weighted by molar-refractivity contribution is 6.04. The van der Waals surface area contributed by atoms with Crippen molar-refractivity contribution in [3.63, 3.8) is 0 Å². The van der Waals surface area contributed by atoms with Gasteiger partial charge in [0.25, 0.3) is 5.91 Å². The summed E-state index contributed by atoms with van der Waals surface area (Å²) in [5.74, 6) is -3.35. The van der Waals surface area contributed by atoms with Crippen molar-refractivity contribution in [2.45, 2.75) is 140 Å². The average molecular weight is 755 g/mol. The molecule has 14 nitrogen and oxygen atoms in total. The zero-order chi connectivity index (χ0) is 38.8. The molecule has 5 amide bonds. The summed E-state index contributed by atoms with van der Waals surface area (Å²) in [6.07, 6.45) is 5.99. The van der Waals surface area contributed by atoms with E-state index < -0.39 is 77.1 Å². The predicted molar refractivity (Wildman–Crippen MR) is 190 cm³/mol. The summed E-state index contributed by atoms with van der Waals surface area (Å²) in [5.41, 5.74) is -1.77. The minimum Gasteiger partial charge on any atom is -0.467 e. The summed E-state index contributed by atoms with van der Waals surface area (Å²) in [7, 11) is 1.17. The van der Waals surface area contributed by atoms with Crippen molar-refractivity contribution < 1.29 is 52.1 Å². The third kappa shape index (κ3) is 8.34. The van der Waals surface area contributed by atoms with Crippen molar-refractivity contribution in [1.82, 2.24) is 20.0 Å². The molecule has 2 aliphatic carbocycles. The standard InChI is InChI=1S/C39H51FN4O10/c1-38(2,3)54-37(50)44-33(46)31-19-27(53-36(49)42-21-24-13-12-17-29(40)28(24)23-42)22-43(31)32(45)30(41-35(48)52-26-15-10-11-16-26)18-9-7-5-6-8-14-25-20-39(25,44)34(47)51-4/h8,12-14,17,25-27,30-31H,5-7,9-11,15-16,18-23H2,1-4H3,(H,41,48)/b14-8-/t25-,27-,30+,31+,39-/m1/s1. The fourth-order valence-electron chi connectivity index (χ4n) is 8.10. The number of carbonyl (C=O) groups excluding carboxylic acids is 6. The van der Waals surface area contributed by atoms with Crippen LogP contribution in [0, 0.1) is 11.7 Å². The quantitative estimate of drug-likeness (QED) is 0.236.